The summed E-state index contributed by atoms with van der Waals surface area (Å²) in [5.74, 6) is -2.67. The Balaban J connectivity index is 1.31. The van der Waals surface area contributed by atoms with Crippen LogP contribution in [0.25, 0.3) is 10.8 Å². The number of sulfonamides is 2. The third kappa shape index (κ3) is 8.44. The van der Waals surface area contributed by atoms with Gasteiger partial charge in [-0.15, -0.1) is 0 Å². The molecule has 6 rings (SSSR count). The van der Waals surface area contributed by atoms with Crippen LogP contribution >= 0.6 is 0 Å². The number of carbonyl (C=O) groups is 4. The fourth-order valence-electron chi connectivity index (χ4n) is 7.05. The van der Waals surface area contributed by atoms with Gasteiger partial charge in [-0.3, -0.25) is 19.1 Å². The number of rotatable bonds is 7. The fraction of sp³-hybridized carbons (Fsp3) is 0.556. The van der Waals surface area contributed by atoms with E-state index in [0.717, 1.165) is 11.8 Å². The lowest BCUT2D eigenvalue weighted by molar-refractivity contribution is -0.141. The summed E-state index contributed by atoms with van der Waals surface area (Å²) in [7, 11) is -8.09. The highest BCUT2D eigenvalue weighted by Crippen LogP contribution is 2.46. The molecule has 3 fully saturated rings. The van der Waals surface area contributed by atoms with Crippen molar-refractivity contribution < 1.29 is 40.8 Å². The van der Waals surface area contributed by atoms with Crippen LogP contribution < -0.4 is 20.1 Å². The molecule has 2 aromatic rings. The zero-order chi connectivity index (χ0) is 37.5. The SMILES string of the molecule is CC(C)(C)OC(=O)N[C@@H]1CCCCCC=C[C@@H]2C[C@@]2(C(=O)NS(=O)(=O)C2CC2)NC(=O)[C@@H]2C[C@@H](NS(=O)(=O)c3cccc4ccccc34)CN2C1=O. The second-order valence-electron chi connectivity index (χ2n) is 15.2. The van der Waals surface area contributed by atoms with Crippen LogP contribution in [0.15, 0.2) is 59.5 Å². The first kappa shape index (κ1) is 37.7. The average Bonchev–Trinajstić information content (AvgIpc) is 3.99. The molecule has 14 nitrogen and oxygen atoms in total. The van der Waals surface area contributed by atoms with E-state index in [0.29, 0.717) is 37.5 Å². The third-order valence-corrected chi connectivity index (χ3v) is 13.3. The second kappa shape index (κ2) is 14.4. The number of allylic oxidation sites excluding steroid dienone is 1. The monoisotopic (exact) mass is 757 g/mol. The molecule has 2 aromatic carbocycles. The van der Waals surface area contributed by atoms with Crippen LogP contribution in [-0.4, -0.2) is 86.6 Å². The number of hydrogen-bond acceptors (Lipinski definition) is 9. The minimum atomic E-state index is -4.16. The molecule has 52 heavy (non-hydrogen) atoms. The summed E-state index contributed by atoms with van der Waals surface area (Å²) in [6.07, 6.45) is 6.75. The lowest BCUT2D eigenvalue weighted by Crippen LogP contribution is -2.58. The fourth-order valence-corrected chi connectivity index (χ4v) is 9.88. The predicted molar refractivity (Wildman–Crippen MR) is 193 cm³/mol. The Kier molecular flexibility index (Phi) is 10.5. The molecule has 2 saturated carbocycles. The number of amides is 4. The van der Waals surface area contributed by atoms with Crippen LogP contribution in [0.4, 0.5) is 4.79 Å². The molecule has 0 radical (unpaired) electrons. The molecule has 4 amide bonds. The normalized spacial score (nSPS) is 27.4. The topological polar surface area (TPSA) is 197 Å². The summed E-state index contributed by atoms with van der Waals surface area (Å²) in [5, 5.41) is 6.02. The van der Waals surface area contributed by atoms with E-state index in [9.17, 15) is 36.0 Å². The summed E-state index contributed by atoms with van der Waals surface area (Å²) in [6.45, 7) is 4.88. The van der Waals surface area contributed by atoms with Crippen LogP contribution in [0.5, 0.6) is 0 Å². The number of nitrogens with zero attached hydrogens (tertiary/aromatic N) is 1. The van der Waals surface area contributed by atoms with E-state index < -0.39 is 84.3 Å². The van der Waals surface area contributed by atoms with Crippen molar-refractivity contribution in [1.82, 2.24) is 25.0 Å². The summed E-state index contributed by atoms with van der Waals surface area (Å²) >= 11 is 0. The highest BCUT2D eigenvalue weighted by Gasteiger charge is 2.62. The maximum atomic E-state index is 14.4. The Bertz CT molecular complexity index is 1990. The lowest BCUT2D eigenvalue weighted by atomic mass is 10.0. The van der Waals surface area contributed by atoms with E-state index in [1.165, 1.54) is 11.0 Å². The Labute approximate surface area is 304 Å². The average molecular weight is 758 g/mol. The van der Waals surface area contributed by atoms with Crippen LogP contribution in [0, 0.1) is 5.92 Å². The molecule has 0 aromatic heterocycles. The van der Waals surface area contributed by atoms with Gasteiger partial charge in [0.2, 0.25) is 31.9 Å². The molecule has 4 aliphatic rings. The van der Waals surface area contributed by atoms with Gasteiger partial charge in [-0.2, -0.15) is 0 Å². The molecule has 282 valence electrons. The molecule has 16 heteroatoms. The molecule has 5 atom stereocenters. The molecule has 0 bridgehead atoms. The maximum Gasteiger partial charge on any atom is 0.408 e. The molecule has 2 aliphatic carbocycles. The number of hydrogen-bond donors (Lipinski definition) is 4. The van der Waals surface area contributed by atoms with Gasteiger partial charge in [-0.25, -0.2) is 26.4 Å². The van der Waals surface area contributed by atoms with Gasteiger partial charge in [0.05, 0.1) is 10.1 Å². The van der Waals surface area contributed by atoms with Crippen LogP contribution in [-0.2, 0) is 39.2 Å². The van der Waals surface area contributed by atoms with Crippen LogP contribution in [0.3, 0.4) is 0 Å². The molecule has 1 saturated heterocycles. The zero-order valence-corrected chi connectivity index (χ0v) is 31.2. The van der Waals surface area contributed by atoms with Crippen molar-refractivity contribution in [2.24, 2.45) is 5.92 Å². The van der Waals surface area contributed by atoms with Crippen molar-refractivity contribution in [2.75, 3.05) is 6.54 Å². The number of ether oxygens (including phenoxy) is 1. The molecule has 0 spiro atoms. The molecule has 2 aliphatic heterocycles. The van der Waals surface area contributed by atoms with E-state index in [1.807, 2.05) is 12.2 Å². The van der Waals surface area contributed by atoms with Crippen LogP contribution in [0.2, 0.25) is 0 Å². The first-order chi connectivity index (χ1) is 24.5. The summed E-state index contributed by atoms with van der Waals surface area (Å²) < 4.78 is 63.5. The highest BCUT2D eigenvalue weighted by atomic mass is 32.2. The Morgan fingerprint density at radius 3 is 2.42 bits per heavy atom. The standard InChI is InChI=1S/C36H47N5O9S2/c1-35(2,3)50-34(45)37-28-16-8-6-4-5-7-14-24-21-36(24,33(44)40-51(46,47)26-18-19-26)38-31(42)29-20-25(22-41(29)32(28)43)39-52(48,49)30-17-11-13-23-12-9-10-15-27(23)30/h7,9-15,17,24-26,28-29,39H,4-6,8,16,18-22H2,1-3H3,(H,37,45)(H,38,42)(H,40,44)/t24-,25-,28-,29+,36-/m1/s1. The molecule has 4 N–H and O–H groups in total. The molecular weight excluding hydrogens is 711 g/mol. The van der Waals surface area contributed by atoms with Gasteiger partial charge in [0, 0.05) is 23.9 Å². The van der Waals surface area contributed by atoms with Gasteiger partial charge in [0.25, 0.3) is 5.91 Å². The summed E-state index contributed by atoms with van der Waals surface area (Å²) in [4.78, 5) is 56.5. The number of alkyl carbamates (subject to hydrolysis) is 1. The van der Waals surface area contributed by atoms with Gasteiger partial charge < -0.3 is 20.3 Å². The molecule has 0 unspecified atom stereocenters. The van der Waals surface area contributed by atoms with Gasteiger partial charge in [-0.1, -0.05) is 61.4 Å². The number of nitrogens with one attached hydrogen (secondary N) is 4. The minimum absolute atomic E-state index is 0.0374. The summed E-state index contributed by atoms with van der Waals surface area (Å²) in [5.41, 5.74) is -2.41. The quantitative estimate of drug-likeness (QED) is 0.307. The molecule has 2 heterocycles. The maximum absolute atomic E-state index is 14.4. The highest BCUT2D eigenvalue weighted by molar-refractivity contribution is 7.91. The Hall–Kier alpha value is -4.02. The van der Waals surface area contributed by atoms with Gasteiger partial charge in [0.15, 0.2) is 0 Å². The second-order valence-corrected chi connectivity index (χ2v) is 18.9. The Morgan fingerprint density at radius 2 is 1.69 bits per heavy atom. The largest absolute Gasteiger partial charge is 0.444 e. The van der Waals surface area contributed by atoms with Crippen molar-refractivity contribution in [3.8, 4) is 0 Å². The smallest absolute Gasteiger partial charge is 0.408 e. The van der Waals surface area contributed by atoms with Crippen LogP contribution in [0.1, 0.15) is 78.6 Å². The zero-order valence-electron chi connectivity index (χ0n) is 29.6. The molecular formula is C36H47N5O9S2. The van der Waals surface area contributed by atoms with E-state index in [2.05, 4.69) is 20.1 Å². The van der Waals surface area contributed by atoms with Gasteiger partial charge in [0.1, 0.15) is 23.2 Å². The minimum Gasteiger partial charge on any atom is -0.444 e. The number of benzene rings is 2. The van der Waals surface area contributed by atoms with Crippen molar-refractivity contribution >= 4 is 54.6 Å². The predicted octanol–water partition coefficient (Wildman–Crippen LogP) is 2.98. The third-order valence-electron chi connectivity index (χ3n) is 9.93. The lowest BCUT2D eigenvalue weighted by Gasteiger charge is -2.30. The van der Waals surface area contributed by atoms with E-state index in [1.54, 1.807) is 57.2 Å². The first-order valence-corrected chi connectivity index (χ1v) is 20.9. The van der Waals surface area contributed by atoms with Gasteiger partial charge >= 0.3 is 6.09 Å². The van der Waals surface area contributed by atoms with Crippen molar-refractivity contribution in [2.45, 2.75) is 118 Å². The van der Waals surface area contributed by atoms with Crippen molar-refractivity contribution in [1.29, 1.82) is 0 Å². The van der Waals surface area contributed by atoms with Crippen molar-refractivity contribution in [3.05, 3.63) is 54.6 Å². The Morgan fingerprint density at radius 1 is 0.962 bits per heavy atom. The number of carbonyl (C=O) groups excluding carboxylic acids is 4. The number of fused-ring (bicyclic) bond motifs is 3. The van der Waals surface area contributed by atoms with Crippen molar-refractivity contribution in [3.63, 3.8) is 0 Å². The van der Waals surface area contributed by atoms with E-state index in [-0.39, 0.29) is 30.7 Å². The van der Waals surface area contributed by atoms with E-state index in [4.69, 9.17) is 4.74 Å². The van der Waals surface area contributed by atoms with Gasteiger partial charge in [-0.05, 0) is 77.2 Å². The summed E-state index contributed by atoms with van der Waals surface area (Å²) in [6, 6.07) is 8.67. The first-order valence-electron chi connectivity index (χ1n) is 17.8. The van der Waals surface area contributed by atoms with E-state index >= 15 is 0 Å².